The molecule has 1 aliphatic heterocycles. The van der Waals surface area contributed by atoms with Crippen molar-refractivity contribution in [3.8, 4) is 0 Å². The van der Waals surface area contributed by atoms with Crippen molar-refractivity contribution in [1.82, 2.24) is 4.90 Å². The van der Waals surface area contributed by atoms with Gasteiger partial charge in [0.25, 0.3) is 0 Å². The molecule has 1 saturated heterocycles. The van der Waals surface area contributed by atoms with Gasteiger partial charge in [-0.1, -0.05) is 25.8 Å². The van der Waals surface area contributed by atoms with Crippen LogP contribution in [0, 0.1) is 5.92 Å². The Bertz CT molecular complexity index is 600. The zero-order chi connectivity index (χ0) is 17.0. The van der Waals surface area contributed by atoms with Gasteiger partial charge < -0.3 is 4.74 Å². The second kappa shape index (κ2) is 8.30. The van der Waals surface area contributed by atoms with Gasteiger partial charge in [0.1, 0.15) is 0 Å². The van der Waals surface area contributed by atoms with Crippen LogP contribution in [-0.2, 0) is 21.1 Å². The summed E-state index contributed by atoms with van der Waals surface area (Å²) in [6.45, 7) is 4.65. The summed E-state index contributed by atoms with van der Waals surface area (Å²) in [5.41, 5.74) is 0. The van der Waals surface area contributed by atoms with Gasteiger partial charge in [0.05, 0.1) is 24.2 Å². The summed E-state index contributed by atoms with van der Waals surface area (Å²) in [7, 11) is -2.85. The van der Waals surface area contributed by atoms with Gasteiger partial charge in [-0.3, -0.25) is 4.90 Å². The summed E-state index contributed by atoms with van der Waals surface area (Å²) < 4.78 is 29.9. The van der Waals surface area contributed by atoms with E-state index in [-0.39, 0.29) is 6.04 Å². The Labute approximate surface area is 150 Å². The molecule has 24 heavy (non-hydrogen) atoms. The van der Waals surface area contributed by atoms with Crippen LogP contribution in [0.2, 0.25) is 0 Å². The Morgan fingerprint density at radius 2 is 2.12 bits per heavy atom. The van der Waals surface area contributed by atoms with Crippen molar-refractivity contribution in [1.29, 1.82) is 0 Å². The SMILES string of the molecule is CC1CCCCC1OCCN(Cc1cccs1)C1CCS(=O)(=O)C1. The van der Waals surface area contributed by atoms with Gasteiger partial charge in [-0.25, -0.2) is 8.42 Å². The first-order chi connectivity index (χ1) is 11.5. The Morgan fingerprint density at radius 1 is 1.29 bits per heavy atom. The number of hydrogen-bond donors (Lipinski definition) is 0. The standard InChI is InChI=1S/C18H29NO3S2/c1-15-5-2-3-7-18(15)22-10-9-19(13-17-6-4-11-23-17)16-8-12-24(20,21)14-16/h4,6,11,15-16,18H,2-3,5,7-10,12-14H2,1H3. The van der Waals surface area contributed by atoms with Crippen molar-refractivity contribution >= 4 is 21.2 Å². The van der Waals surface area contributed by atoms with Gasteiger partial charge in [0.15, 0.2) is 9.84 Å². The number of sulfone groups is 1. The van der Waals surface area contributed by atoms with Gasteiger partial charge in [0.2, 0.25) is 0 Å². The molecule has 0 spiro atoms. The molecule has 3 atom stereocenters. The molecular formula is C18H29NO3S2. The molecule has 0 aromatic carbocycles. The van der Waals surface area contributed by atoms with Crippen molar-refractivity contribution in [2.24, 2.45) is 5.92 Å². The first-order valence-corrected chi connectivity index (χ1v) is 11.8. The Hall–Kier alpha value is -0.430. The summed E-state index contributed by atoms with van der Waals surface area (Å²) in [4.78, 5) is 3.62. The van der Waals surface area contributed by atoms with Crippen LogP contribution in [0.15, 0.2) is 17.5 Å². The molecule has 1 saturated carbocycles. The van der Waals surface area contributed by atoms with Crippen LogP contribution in [0.5, 0.6) is 0 Å². The molecule has 0 radical (unpaired) electrons. The van der Waals surface area contributed by atoms with Crippen LogP contribution in [-0.4, -0.2) is 50.1 Å². The summed E-state index contributed by atoms with van der Waals surface area (Å²) in [6, 6.07) is 4.33. The van der Waals surface area contributed by atoms with E-state index in [9.17, 15) is 8.42 Å². The van der Waals surface area contributed by atoms with Gasteiger partial charge in [-0.05, 0) is 36.6 Å². The molecule has 3 rings (SSSR count). The van der Waals surface area contributed by atoms with E-state index in [1.807, 2.05) is 0 Å². The van der Waals surface area contributed by atoms with Crippen LogP contribution in [0.3, 0.4) is 0 Å². The molecule has 136 valence electrons. The van der Waals surface area contributed by atoms with Crippen LogP contribution < -0.4 is 0 Å². The quantitative estimate of drug-likeness (QED) is 0.737. The minimum atomic E-state index is -2.85. The van der Waals surface area contributed by atoms with Crippen LogP contribution in [0.25, 0.3) is 0 Å². The number of nitrogens with zero attached hydrogens (tertiary/aromatic N) is 1. The van der Waals surface area contributed by atoms with Crippen molar-refractivity contribution in [2.75, 3.05) is 24.7 Å². The van der Waals surface area contributed by atoms with E-state index in [0.717, 1.165) is 19.5 Å². The fraction of sp³-hybridized carbons (Fsp3) is 0.778. The molecule has 2 fully saturated rings. The first-order valence-electron chi connectivity index (χ1n) is 9.12. The van der Waals surface area contributed by atoms with Crippen molar-refractivity contribution in [3.05, 3.63) is 22.4 Å². The van der Waals surface area contributed by atoms with E-state index in [0.29, 0.717) is 30.1 Å². The third-order valence-corrected chi connectivity index (χ3v) is 8.02. The lowest BCUT2D eigenvalue weighted by Gasteiger charge is -2.31. The molecule has 1 aliphatic carbocycles. The number of hydrogen-bond acceptors (Lipinski definition) is 5. The molecule has 2 heterocycles. The smallest absolute Gasteiger partial charge is 0.151 e. The van der Waals surface area contributed by atoms with Gasteiger partial charge in [0, 0.05) is 24.0 Å². The Morgan fingerprint density at radius 3 is 2.79 bits per heavy atom. The molecule has 1 aromatic rings. The highest BCUT2D eigenvalue weighted by atomic mass is 32.2. The van der Waals surface area contributed by atoms with E-state index < -0.39 is 9.84 Å². The molecule has 4 nitrogen and oxygen atoms in total. The molecular weight excluding hydrogens is 342 g/mol. The largest absolute Gasteiger partial charge is 0.377 e. The molecule has 3 unspecified atom stereocenters. The van der Waals surface area contributed by atoms with Crippen molar-refractivity contribution in [3.63, 3.8) is 0 Å². The molecule has 0 amide bonds. The monoisotopic (exact) mass is 371 g/mol. The maximum Gasteiger partial charge on any atom is 0.151 e. The summed E-state index contributed by atoms with van der Waals surface area (Å²) in [6.07, 6.45) is 6.18. The van der Waals surface area contributed by atoms with E-state index in [4.69, 9.17) is 4.74 Å². The second-order valence-corrected chi connectivity index (χ2v) is 10.5. The van der Waals surface area contributed by atoms with E-state index in [1.54, 1.807) is 11.3 Å². The highest BCUT2D eigenvalue weighted by Crippen LogP contribution is 2.27. The van der Waals surface area contributed by atoms with Crippen molar-refractivity contribution in [2.45, 2.75) is 57.7 Å². The minimum Gasteiger partial charge on any atom is -0.377 e. The molecule has 6 heteroatoms. The zero-order valence-corrected chi connectivity index (χ0v) is 16.2. The maximum atomic E-state index is 11.9. The fourth-order valence-corrected chi connectivity index (χ4v) is 6.40. The molecule has 0 N–H and O–H groups in total. The van der Waals surface area contributed by atoms with Crippen LogP contribution >= 0.6 is 11.3 Å². The van der Waals surface area contributed by atoms with Gasteiger partial charge >= 0.3 is 0 Å². The lowest BCUT2D eigenvalue weighted by atomic mass is 9.88. The second-order valence-electron chi connectivity index (χ2n) is 7.28. The van der Waals surface area contributed by atoms with Crippen molar-refractivity contribution < 1.29 is 13.2 Å². The average molecular weight is 372 g/mol. The van der Waals surface area contributed by atoms with E-state index >= 15 is 0 Å². The van der Waals surface area contributed by atoms with Gasteiger partial charge in [-0.15, -0.1) is 11.3 Å². The topological polar surface area (TPSA) is 46.6 Å². The number of ether oxygens (including phenoxy) is 1. The Kier molecular flexibility index (Phi) is 6.35. The lowest BCUT2D eigenvalue weighted by Crippen LogP contribution is -2.39. The maximum absolute atomic E-state index is 11.9. The molecule has 0 bridgehead atoms. The third-order valence-electron chi connectivity index (χ3n) is 5.41. The fourth-order valence-electron chi connectivity index (χ4n) is 3.91. The number of rotatable bonds is 7. The highest BCUT2D eigenvalue weighted by Gasteiger charge is 2.32. The normalized spacial score (nSPS) is 30.0. The van der Waals surface area contributed by atoms with E-state index in [1.165, 1.54) is 30.6 Å². The van der Waals surface area contributed by atoms with Gasteiger partial charge in [-0.2, -0.15) is 0 Å². The Balaban J connectivity index is 1.55. The summed E-state index contributed by atoms with van der Waals surface area (Å²) >= 11 is 1.74. The summed E-state index contributed by atoms with van der Waals surface area (Å²) in [5.74, 6) is 1.29. The third kappa shape index (κ3) is 5.04. The molecule has 1 aromatic heterocycles. The lowest BCUT2D eigenvalue weighted by molar-refractivity contribution is -0.0177. The van der Waals surface area contributed by atoms with Crippen LogP contribution in [0.1, 0.15) is 43.9 Å². The highest BCUT2D eigenvalue weighted by molar-refractivity contribution is 7.91. The predicted octanol–water partition coefficient (Wildman–Crippen LogP) is 3.33. The minimum absolute atomic E-state index is 0.143. The molecule has 2 aliphatic rings. The van der Waals surface area contributed by atoms with E-state index in [2.05, 4.69) is 29.3 Å². The average Bonchev–Trinajstić information content (AvgIpc) is 3.17. The zero-order valence-electron chi connectivity index (χ0n) is 14.5. The number of thiophene rings is 1. The first kappa shape index (κ1) is 18.4. The van der Waals surface area contributed by atoms with Crippen LogP contribution in [0.4, 0.5) is 0 Å². The predicted molar refractivity (Wildman–Crippen MR) is 99.2 cm³/mol. The summed E-state index contributed by atoms with van der Waals surface area (Å²) in [5, 5.41) is 2.08.